The van der Waals surface area contributed by atoms with E-state index >= 15 is 0 Å². The first-order chi connectivity index (χ1) is 11.6. The number of carbonyl (C=O) groups is 1. The molecule has 24 heavy (non-hydrogen) atoms. The van der Waals surface area contributed by atoms with Gasteiger partial charge in [0.2, 0.25) is 10.3 Å². The Morgan fingerprint density at radius 1 is 1.25 bits per heavy atom. The molecule has 3 heterocycles. The van der Waals surface area contributed by atoms with E-state index in [0.717, 1.165) is 29.8 Å². The Bertz CT molecular complexity index is 672. The van der Waals surface area contributed by atoms with E-state index in [9.17, 15) is 4.79 Å². The predicted molar refractivity (Wildman–Crippen MR) is 97.1 cm³/mol. The van der Waals surface area contributed by atoms with Crippen molar-refractivity contribution in [1.82, 2.24) is 20.1 Å². The summed E-state index contributed by atoms with van der Waals surface area (Å²) in [7, 11) is 0. The molecule has 2 aromatic rings. The van der Waals surface area contributed by atoms with Gasteiger partial charge in [-0.1, -0.05) is 25.2 Å². The van der Waals surface area contributed by atoms with Crippen LogP contribution < -0.4 is 10.2 Å². The van der Waals surface area contributed by atoms with Crippen LogP contribution in [0.4, 0.5) is 5.13 Å². The maximum Gasteiger partial charge on any atom is 0.268 e. The Kier molecular flexibility index (Phi) is 5.50. The molecule has 0 saturated carbocycles. The van der Waals surface area contributed by atoms with Gasteiger partial charge in [-0.25, -0.2) is 0 Å². The highest BCUT2D eigenvalue weighted by atomic mass is 32.1. The molecule has 2 aromatic heterocycles. The van der Waals surface area contributed by atoms with Crippen molar-refractivity contribution in [2.24, 2.45) is 5.92 Å². The molecule has 1 N–H and O–H groups in total. The van der Waals surface area contributed by atoms with Gasteiger partial charge in [-0.3, -0.25) is 9.36 Å². The first-order valence-corrected chi connectivity index (χ1v) is 9.51. The topological polar surface area (TPSA) is 63.1 Å². The van der Waals surface area contributed by atoms with Crippen LogP contribution >= 0.6 is 11.3 Å². The molecule has 1 amide bonds. The third-order valence-electron chi connectivity index (χ3n) is 4.22. The molecule has 0 aliphatic carbocycles. The summed E-state index contributed by atoms with van der Waals surface area (Å²) in [6, 6.07) is 3.70. The summed E-state index contributed by atoms with van der Waals surface area (Å²) in [6.45, 7) is 7.08. The number of nitrogens with zero attached hydrogens (tertiary/aromatic N) is 4. The van der Waals surface area contributed by atoms with E-state index < -0.39 is 0 Å². The number of carbonyl (C=O) groups excluding carboxylic acids is 1. The van der Waals surface area contributed by atoms with Crippen LogP contribution in [0.15, 0.2) is 18.3 Å². The number of hydrogen-bond donors (Lipinski definition) is 1. The van der Waals surface area contributed by atoms with Crippen molar-refractivity contribution in [3.05, 3.63) is 24.0 Å². The van der Waals surface area contributed by atoms with Gasteiger partial charge in [-0.15, -0.1) is 10.2 Å². The number of nitrogens with one attached hydrogen (secondary N) is 1. The van der Waals surface area contributed by atoms with Crippen LogP contribution in [0.3, 0.4) is 0 Å². The maximum absolute atomic E-state index is 12.4. The Hall–Kier alpha value is -1.89. The quantitative estimate of drug-likeness (QED) is 0.872. The lowest BCUT2D eigenvalue weighted by atomic mass is 10.1. The Balaban J connectivity index is 1.70. The highest BCUT2D eigenvalue weighted by Gasteiger charge is 2.18. The van der Waals surface area contributed by atoms with Crippen molar-refractivity contribution in [3.63, 3.8) is 0 Å². The lowest BCUT2D eigenvalue weighted by molar-refractivity contribution is 0.0945. The Morgan fingerprint density at radius 2 is 2.00 bits per heavy atom. The molecule has 0 aromatic carbocycles. The molecule has 0 atom stereocenters. The average molecular weight is 347 g/mol. The van der Waals surface area contributed by atoms with Crippen LogP contribution in [-0.2, 0) is 0 Å². The molecule has 130 valence electrons. The maximum atomic E-state index is 12.4. The fourth-order valence-electron chi connectivity index (χ4n) is 2.82. The lowest BCUT2D eigenvalue weighted by Gasteiger charge is -2.25. The van der Waals surface area contributed by atoms with Gasteiger partial charge in [0, 0.05) is 25.8 Å². The zero-order valence-corrected chi connectivity index (χ0v) is 15.2. The molecular weight excluding hydrogens is 322 g/mol. The molecule has 0 unspecified atom stereocenters. The summed E-state index contributed by atoms with van der Waals surface area (Å²) in [6.07, 6.45) is 6.56. The van der Waals surface area contributed by atoms with Gasteiger partial charge >= 0.3 is 0 Å². The zero-order chi connectivity index (χ0) is 16.9. The third kappa shape index (κ3) is 3.95. The van der Waals surface area contributed by atoms with Gasteiger partial charge in [0.1, 0.15) is 5.69 Å². The van der Waals surface area contributed by atoms with E-state index in [-0.39, 0.29) is 5.91 Å². The smallest absolute Gasteiger partial charge is 0.268 e. The minimum Gasteiger partial charge on any atom is -0.351 e. The normalized spacial score (nSPS) is 15.0. The molecule has 1 aliphatic heterocycles. The van der Waals surface area contributed by atoms with E-state index in [0.29, 0.717) is 18.2 Å². The average Bonchev–Trinajstić information content (AvgIpc) is 3.24. The second-order valence-electron chi connectivity index (χ2n) is 6.62. The molecule has 1 saturated heterocycles. The van der Waals surface area contributed by atoms with Gasteiger partial charge in [0.05, 0.1) is 0 Å². The third-order valence-corrected chi connectivity index (χ3v) is 5.21. The summed E-state index contributed by atoms with van der Waals surface area (Å²) in [5.74, 6) is 0.516. The molecule has 0 bridgehead atoms. The molecular formula is C17H25N5OS. The molecule has 6 nitrogen and oxygen atoms in total. The summed E-state index contributed by atoms with van der Waals surface area (Å²) < 4.78 is 1.83. The van der Waals surface area contributed by atoms with E-state index in [2.05, 4.69) is 34.3 Å². The Labute approximate surface area is 146 Å². The molecule has 7 heteroatoms. The van der Waals surface area contributed by atoms with Gasteiger partial charge in [0.15, 0.2) is 0 Å². The number of piperidine rings is 1. The van der Waals surface area contributed by atoms with Crippen molar-refractivity contribution < 1.29 is 4.79 Å². The molecule has 1 aliphatic rings. The number of aromatic nitrogens is 3. The molecule has 1 fully saturated rings. The second-order valence-corrected chi connectivity index (χ2v) is 7.55. The van der Waals surface area contributed by atoms with E-state index in [1.807, 2.05) is 22.9 Å². The van der Waals surface area contributed by atoms with Gasteiger partial charge in [0.25, 0.3) is 5.91 Å². The fourth-order valence-corrected chi connectivity index (χ4v) is 3.71. The van der Waals surface area contributed by atoms with Crippen molar-refractivity contribution in [1.29, 1.82) is 0 Å². The standard InChI is InChI=1S/C17H25N5OS/c1-13(2)8-9-18-15(23)14-7-6-12-22(14)17-20-19-16(24-17)21-10-4-3-5-11-21/h6-7,12-13H,3-5,8-11H2,1-2H3,(H,18,23). The van der Waals surface area contributed by atoms with Crippen molar-refractivity contribution in [2.45, 2.75) is 39.5 Å². The molecule has 0 spiro atoms. The SMILES string of the molecule is CC(C)CCNC(=O)c1cccn1-c1nnc(N2CCCCC2)s1. The number of anilines is 1. The first kappa shape index (κ1) is 17.0. The van der Waals surface area contributed by atoms with Crippen LogP contribution in [0, 0.1) is 5.92 Å². The number of hydrogen-bond acceptors (Lipinski definition) is 5. The zero-order valence-electron chi connectivity index (χ0n) is 14.4. The first-order valence-electron chi connectivity index (χ1n) is 8.69. The highest BCUT2D eigenvalue weighted by Crippen LogP contribution is 2.26. The van der Waals surface area contributed by atoms with E-state index in [1.165, 1.54) is 19.3 Å². The highest BCUT2D eigenvalue weighted by molar-refractivity contribution is 7.17. The molecule has 3 rings (SSSR count). The fraction of sp³-hybridized carbons (Fsp3) is 0.588. The van der Waals surface area contributed by atoms with E-state index in [4.69, 9.17) is 0 Å². The van der Waals surface area contributed by atoms with Crippen LogP contribution in [0.2, 0.25) is 0 Å². The van der Waals surface area contributed by atoms with Gasteiger partial charge < -0.3 is 10.2 Å². The monoisotopic (exact) mass is 347 g/mol. The van der Waals surface area contributed by atoms with E-state index in [1.54, 1.807) is 11.3 Å². The Morgan fingerprint density at radius 3 is 2.75 bits per heavy atom. The number of rotatable bonds is 6. The minimum absolute atomic E-state index is 0.0598. The largest absolute Gasteiger partial charge is 0.351 e. The summed E-state index contributed by atoms with van der Waals surface area (Å²) in [4.78, 5) is 14.7. The van der Waals surface area contributed by atoms with Gasteiger partial charge in [-0.2, -0.15) is 0 Å². The summed E-state index contributed by atoms with van der Waals surface area (Å²) >= 11 is 1.54. The van der Waals surface area contributed by atoms with Crippen molar-refractivity contribution >= 4 is 22.4 Å². The lowest BCUT2D eigenvalue weighted by Crippen LogP contribution is -2.29. The van der Waals surface area contributed by atoms with Crippen molar-refractivity contribution in [2.75, 3.05) is 24.5 Å². The summed E-state index contributed by atoms with van der Waals surface area (Å²) in [5.41, 5.74) is 0.611. The van der Waals surface area contributed by atoms with Crippen molar-refractivity contribution in [3.8, 4) is 5.13 Å². The van der Waals surface area contributed by atoms with Crippen LogP contribution in [0.25, 0.3) is 5.13 Å². The predicted octanol–water partition coefficient (Wildman–Crippen LogP) is 3.10. The van der Waals surface area contributed by atoms with Crippen LogP contribution in [0.1, 0.15) is 50.0 Å². The summed E-state index contributed by atoms with van der Waals surface area (Å²) in [5, 5.41) is 13.3. The minimum atomic E-state index is -0.0598. The second kappa shape index (κ2) is 7.79. The van der Waals surface area contributed by atoms with Crippen LogP contribution in [0.5, 0.6) is 0 Å². The van der Waals surface area contributed by atoms with Gasteiger partial charge in [-0.05, 0) is 43.7 Å². The van der Waals surface area contributed by atoms with Crippen LogP contribution in [-0.4, -0.2) is 40.3 Å². The molecule has 0 radical (unpaired) electrons. The number of amides is 1.